The number of carbonyl (C=O) groups is 1. The molecule has 5 heterocycles. The molecule has 29 heavy (non-hydrogen) atoms. The van der Waals surface area contributed by atoms with E-state index in [0.29, 0.717) is 17.9 Å². The van der Waals surface area contributed by atoms with Crippen LogP contribution in [0.2, 0.25) is 0 Å². The number of fused-ring (bicyclic) bond motifs is 2. The topological polar surface area (TPSA) is 74.3 Å². The fourth-order valence-corrected chi connectivity index (χ4v) is 3.93. The number of ether oxygens (including phenoxy) is 1. The highest BCUT2D eigenvalue weighted by molar-refractivity contribution is 5.88. The summed E-state index contributed by atoms with van der Waals surface area (Å²) >= 11 is 0. The highest BCUT2D eigenvalue weighted by Gasteiger charge is 2.25. The van der Waals surface area contributed by atoms with Gasteiger partial charge in [-0.15, -0.1) is 0 Å². The minimum absolute atomic E-state index is 0.310. The van der Waals surface area contributed by atoms with Gasteiger partial charge in [-0.3, -0.25) is 9.67 Å². The summed E-state index contributed by atoms with van der Waals surface area (Å²) in [6.07, 6.45) is 5.80. The first-order valence-corrected chi connectivity index (χ1v) is 9.84. The lowest BCUT2D eigenvalue weighted by Gasteiger charge is -2.06. The number of hydrogen-bond acceptors (Lipinski definition) is 5. The predicted octanol–water partition coefficient (Wildman–Crippen LogP) is 3.69. The van der Waals surface area contributed by atoms with Crippen LogP contribution in [-0.4, -0.2) is 36.7 Å². The van der Waals surface area contributed by atoms with E-state index in [1.54, 1.807) is 13.1 Å². The molecule has 1 aliphatic heterocycles. The van der Waals surface area contributed by atoms with Gasteiger partial charge in [0, 0.05) is 41.5 Å². The number of aryl methyl sites for hydroxylation is 2. The molecule has 0 unspecified atom stereocenters. The molecule has 4 aromatic heterocycles. The fourth-order valence-electron chi connectivity index (χ4n) is 3.93. The second kappa shape index (κ2) is 6.84. The molecular formula is C22H21N5O2. The molecule has 0 aromatic carbocycles. The summed E-state index contributed by atoms with van der Waals surface area (Å²) in [5.74, 6) is -0.408. The molecule has 0 aliphatic carbocycles. The smallest absolute Gasteiger partial charge is 0.358 e. The van der Waals surface area contributed by atoms with E-state index in [0.717, 1.165) is 47.6 Å². The lowest BCUT2D eigenvalue weighted by molar-refractivity contribution is 0.0520. The van der Waals surface area contributed by atoms with Gasteiger partial charge in [-0.1, -0.05) is 6.07 Å². The van der Waals surface area contributed by atoms with Crippen LogP contribution in [0.1, 0.15) is 35.2 Å². The maximum Gasteiger partial charge on any atom is 0.358 e. The highest BCUT2D eigenvalue weighted by Crippen LogP contribution is 2.37. The molecule has 146 valence electrons. The zero-order valence-corrected chi connectivity index (χ0v) is 16.4. The van der Waals surface area contributed by atoms with Gasteiger partial charge in [-0.25, -0.2) is 9.78 Å². The molecule has 0 saturated heterocycles. The monoisotopic (exact) mass is 387 g/mol. The Balaban J connectivity index is 1.65. The van der Waals surface area contributed by atoms with Gasteiger partial charge in [-0.05, 0) is 51.0 Å². The maximum atomic E-state index is 12.0. The van der Waals surface area contributed by atoms with Crippen molar-refractivity contribution in [2.45, 2.75) is 33.2 Å². The van der Waals surface area contributed by atoms with Crippen molar-refractivity contribution in [1.82, 2.24) is 24.1 Å². The van der Waals surface area contributed by atoms with Crippen LogP contribution in [0.3, 0.4) is 0 Å². The zero-order chi connectivity index (χ0) is 20.0. The SMILES string of the molecule is CCOC(=O)c1cn2cc(-c3c(-c4cccc(C)n4)nn4c3CCC4)ccc2n1. The quantitative estimate of drug-likeness (QED) is 0.499. The average molecular weight is 387 g/mol. The molecular weight excluding hydrogens is 366 g/mol. The Morgan fingerprint density at radius 3 is 2.90 bits per heavy atom. The second-order valence-corrected chi connectivity index (χ2v) is 7.19. The molecule has 7 heteroatoms. The van der Waals surface area contributed by atoms with Crippen molar-refractivity contribution in [3.63, 3.8) is 0 Å². The number of pyridine rings is 2. The van der Waals surface area contributed by atoms with E-state index in [1.807, 2.05) is 47.9 Å². The Hall–Kier alpha value is -3.48. The third kappa shape index (κ3) is 2.99. The Morgan fingerprint density at radius 2 is 2.07 bits per heavy atom. The number of carbonyl (C=O) groups excluding carboxylic acids is 1. The normalized spacial score (nSPS) is 13.0. The van der Waals surface area contributed by atoms with Crippen molar-refractivity contribution in [2.24, 2.45) is 0 Å². The van der Waals surface area contributed by atoms with Gasteiger partial charge in [0.2, 0.25) is 0 Å². The number of aromatic nitrogens is 5. The van der Waals surface area contributed by atoms with Crippen molar-refractivity contribution >= 4 is 11.6 Å². The fraction of sp³-hybridized carbons (Fsp3) is 0.273. The highest BCUT2D eigenvalue weighted by atomic mass is 16.5. The number of nitrogens with zero attached hydrogens (tertiary/aromatic N) is 5. The molecule has 0 spiro atoms. The molecule has 0 fully saturated rings. The molecule has 0 N–H and O–H groups in total. The zero-order valence-electron chi connectivity index (χ0n) is 16.4. The summed E-state index contributed by atoms with van der Waals surface area (Å²) in [7, 11) is 0. The van der Waals surface area contributed by atoms with E-state index >= 15 is 0 Å². The van der Waals surface area contributed by atoms with Gasteiger partial charge in [0.15, 0.2) is 5.69 Å². The van der Waals surface area contributed by atoms with Crippen molar-refractivity contribution < 1.29 is 9.53 Å². The Bertz CT molecular complexity index is 1240. The Kier molecular flexibility index (Phi) is 4.16. The largest absolute Gasteiger partial charge is 0.461 e. The van der Waals surface area contributed by atoms with Crippen LogP contribution >= 0.6 is 0 Å². The first-order valence-electron chi connectivity index (χ1n) is 9.84. The minimum atomic E-state index is -0.408. The minimum Gasteiger partial charge on any atom is -0.461 e. The molecule has 7 nitrogen and oxygen atoms in total. The molecule has 5 rings (SSSR count). The van der Waals surface area contributed by atoms with Gasteiger partial charge in [0.05, 0.1) is 12.3 Å². The summed E-state index contributed by atoms with van der Waals surface area (Å²) in [5.41, 5.74) is 7.12. The van der Waals surface area contributed by atoms with Crippen LogP contribution in [0.25, 0.3) is 28.2 Å². The Morgan fingerprint density at radius 1 is 1.17 bits per heavy atom. The van der Waals surface area contributed by atoms with E-state index < -0.39 is 5.97 Å². The molecule has 4 aromatic rings. The van der Waals surface area contributed by atoms with Crippen molar-refractivity contribution in [3.8, 4) is 22.5 Å². The van der Waals surface area contributed by atoms with Crippen LogP contribution in [0, 0.1) is 6.92 Å². The maximum absolute atomic E-state index is 12.0. The van der Waals surface area contributed by atoms with Crippen LogP contribution in [0.15, 0.2) is 42.7 Å². The lowest BCUT2D eigenvalue weighted by Crippen LogP contribution is -2.04. The van der Waals surface area contributed by atoms with Crippen LogP contribution in [0.5, 0.6) is 0 Å². The van der Waals surface area contributed by atoms with Gasteiger partial charge < -0.3 is 9.14 Å². The van der Waals surface area contributed by atoms with Gasteiger partial charge in [-0.2, -0.15) is 5.10 Å². The standard InChI is InChI=1S/C22H21N5O2/c1-3-29-22(28)17-13-26-12-15(9-10-19(26)24-17)20-18-8-5-11-27(18)25-21(20)16-7-4-6-14(2)23-16/h4,6-7,9-10,12-13H,3,5,8,11H2,1-2H3. The van der Waals surface area contributed by atoms with E-state index in [2.05, 4.69) is 9.67 Å². The summed E-state index contributed by atoms with van der Waals surface area (Å²) < 4.78 is 9.04. The van der Waals surface area contributed by atoms with E-state index in [-0.39, 0.29) is 0 Å². The Labute approximate surface area is 168 Å². The van der Waals surface area contributed by atoms with Gasteiger partial charge in [0.1, 0.15) is 11.3 Å². The summed E-state index contributed by atoms with van der Waals surface area (Å²) in [5, 5.41) is 4.87. The van der Waals surface area contributed by atoms with Crippen LogP contribution < -0.4 is 0 Å². The van der Waals surface area contributed by atoms with E-state index in [4.69, 9.17) is 14.8 Å². The summed E-state index contributed by atoms with van der Waals surface area (Å²) in [4.78, 5) is 21.1. The van der Waals surface area contributed by atoms with Crippen LogP contribution in [-0.2, 0) is 17.7 Å². The van der Waals surface area contributed by atoms with Gasteiger partial charge >= 0.3 is 5.97 Å². The van der Waals surface area contributed by atoms with Crippen molar-refractivity contribution in [1.29, 1.82) is 0 Å². The summed E-state index contributed by atoms with van der Waals surface area (Å²) in [6, 6.07) is 9.96. The first-order chi connectivity index (χ1) is 14.1. The third-order valence-corrected chi connectivity index (χ3v) is 5.20. The van der Waals surface area contributed by atoms with Crippen molar-refractivity contribution in [2.75, 3.05) is 6.61 Å². The van der Waals surface area contributed by atoms with Crippen LogP contribution in [0.4, 0.5) is 0 Å². The predicted molar refractivity (Wildman–Crippen MR) is 109 cm³/mol. The third-order valence-electron chi connectivity index (χ3n) is 5.20. The molecule has 0 amide bonds. The lowest BCUT2D eigenvalue weighted by atomic mass is 10.0. The van der Waals surface area contributed by atoms with E-state index in [1.165, 1.54) is 5.69 Å². The van der Waals surface area contributed by atoms with Gasteiger partial charge in [0.25, 0.3) is 0 Å². The number of imidazole rings is 1. The van der Waals surface area contributed by atoms with Crippen molar-refractivity contribution in [3.05, 3.63) is 59.8 Å². The molecule has 0 radical (unpaired) electrons. The summed E-state index contributed by atoms with van der Waals surface area (Å²) in [6.45, 7) is 5.02. The number of rotatable bonds is 4. The number of hydrogen-bond donors (Lipinski definition) is 0. The molecule has 0 saturated carbocycles. The second-order valence-electron chi connectivity index (χ2n) is 7.19. The molecule has 0 bridgehead atoms. The number of esters is 1. The average Bonchev–Trinajstić information content (AvgIpc) is 3.41. The molecule has 0 atom stereocenters. The van der Waals surface area contributed by atoms with E-state index in [9.17, 15) is 4.79 Å². The molecule has 1 aliphatic rings. The first kappa shape index (κ1) is 17.6.